The molecule has 0 bridgehead atoms. The Morgan fingerprint density at radius 1 is 1.33 bits per heavy atom. The summed E-state index contributed by atoms with van der Waals surface area (Å²) in [5.74, 6) is 0.0935. The number of thiophene rings is 1. The van der Waals surface area contributed by atoms with Crippen LogP contribution >= 0.6 is 34.5 Å². The van der Waals surface area contributed by atoms with E-state index >= 15 is 0 Å². The summed E-state index contributed by atoms with van der Waals surface area (Å²) in [7, 11) is 0. The summed E-state index contributed by atoms with van der Waals surface area (Å²) in [4.78, 5) is 11.9. The molecule has 0 aliphatic heterocycles. The number of benzene rings is 1. The number of nitrogens with one attached hydrogen (secondary N) is 1. The lowest BCUT2D eigenvalue weighted by Crippen LogP contribution is -2.33. The number of halogens is 2. The van der Waals surface area contributed by atoms with Gasteiger partial charge in [0.1, 0.15) is 11.9 Å². The number of carbonyl (C=O) groups excluding carboxylic acids is 1. The summed E-state index contributed by atoms with van der Waals surface area (Å²) >= 11 is 13.3. The van der Waals surface area contributed by atoms with E-state index in [0.29, 0.717) is 15.8 Å². The summed E-state index contributed by atoms with van der Waals surface area (Å²) in [6.07, 6.45) is -0.313. The van der Waals surface area contributed by atoms with Crippen LogP contribution < -0.4 is 10.1 Å². The lowest BCUT2D eigenvalue weighted by atomic mass is 10.2. The number of amides is 1. The number of hydrogen-bond acceptors (Lipinski definition) is 5. The van der Waals surface area contributed by atoms with E-state index in [-0.39, 0.29) is 38.4 Å². The van der Waals surface area contributed by atoms with E-state index in [1.165, 1.54) is 0 Å². The number of rotatable bonds is 9. The number of ether oxygens (including phenoxy) is 2. The van der Waals surface area contributed by atoms with Crippen molar-refractivity contribution in [3.63, 3.8) is 0 Å². The Bertz CT molecular complexity index is 652. The van der Waals surface area contributed by atoms with Gasteiger partial charge in [-0.1, -0.05) is 23.2 Å². The third-order valence-corrected chi connectivity index (χ3v) is 4.29. The van der Waals surface area contributed by atoms with Gasteiger partial charge in [0.05, 0.1) is 18.2 Å². The number of hydrogen-bond donors (Lipinski definition) is 2. The zero-order chi connectivity index (χ0) is 17.4. The van der Waals surface area contributed by atoms with Crippen molar-refractivity contribution < 1.29 is 19.4 Å². The lowest BCUT2D eigenvalue weighted by molar-refractivity contribution is -0.123. The fraction of sp³-hybridized carbons (Fsp3) is 0.312. The molecule has 0 saturated heterocycles. The number of aliphatic hydroxyl groups is 1. The quantitative estimate of drug-likeness (QED) is 0.690. The molecule has 1 aromatic carbocycles. The smallest absolute Gasteiger partial charge is 0.258 e. The minimum atomic E-state index is -0.313. The normalized spacial score (nSPS) is 12.0. The Morgan fingerprint density at radius 2 is 2.17 bits per heavy atom. The van der Waals surface area contributed by atoms with Crippen LogP contribution in [0.15, 0.2) is 35.0 Å². The fourth-order valence-electron chi connectivity index (χ4n) is 1.92. The summed E-state index contributed by atoms with van der Waals surface area (Å²) in [5.41, 5.74) is 0.954. The molecule has 5 nitrogen and oxygen atoms in total. The highest BCUT2D eigenvalue weighted by atomic mass is 35.5. The van der Waals surface area contributed by atoms with Crippen LogP contribution in [0, 0.1) is 0 Å². The van der Waals surface area contributed by atoms with Gasteiger partial charge in [0, 0.05) is 11.6 Å². The van der Waals surface area contributed by atoms with E-state index in [1.807, 2.05) is 16.8 Å². The SMILES string of the molecule is O=C(COc1ccc(Cl)cc1Cl)NCC(OCCO)c1ccsc1. The van der Waals surface area contributed by atoms with Crippen molar-refractivity contribution in [3.8, 4) is 5.75 Å². The molecule has 1 heterocycles. The van der Waals surface area contributed by atoms with E-state index in [4.69, 9.17) is 37.8 Å². The molecule has 1 amide bonds. The summed E-state index contributed by atoms with van der Waals surface area (Å²) in [5, 5.41) is 16.4. The molecule has 130 valence electrons. The molecule has 24 heavy (non-hydrogen) atoms. The van der Waals surface area contributed by atoms with E-state index < -0.39 is 0 Å². The van der Waals surface area contributed by atoms with Crippen molar-refractivity contribution in [1.29, 1.82) is 0 Å². The van der Waals surface area contributed by atoms with Crippen LogP contribution in [0.5, 0.6) is 5.75 Å². The molecule has 0 radical (unpaired) electrons. The Labute approximate surface area is 154 Å². The Kier molecular flexibility index (Phi) is 7.81. The second kappa shape index (κ2) is 9.86. The van der Waals surface area contributed by atoms with Gasteiger partial charge in [-0.25, -0.2) is 0 Å². The molecule has 0 fully saturated rings. The highest BCUT2D eigenvalue weighted by Crippen LogP contribution is 2.27. The minimum absolute atomic E-state index is 0.0766. The zero-order valence-corrected chi connectivity index (χ0v) is 15.0. The first-order valence-electron chi connectivity index (χ1n) is 7.19. The molecule has 0 spiro atoms. The molecule has 2 aromatic rings. The molecular weight excluding hydrogens is 373 g/mol. The predicted molar refractivity (Wildman–Crippen MR) is 95.1 cm³/mol. The monoisotopic (exact) mass is 389 g/mol. The van der Waals surface area contributed by atoms with Gasteiger partial charge in [-0.3, -0.25) is 4.79 Å². The van der Waals surface area contributed by atoms with Crippen LogP contribution in [0.3, 0.4) is 0 Å². The summed E-state index contributed by atoms with van der Waals surface area (Å²) < 4.78 is 10.9. The Morgan fingerprint density at radius 3 is 2.83 bits per heavy atom. The van der Waals surface area contributed by atoms with Crippen LogP contribution in [0.2, 0.25) is 10.0 Å². The van der Waals surface area contributed by atoms with Crippen LogP contribution in [0.25, 0.3) is 0 Å². The largest absolute Gasteiger partial charge is 0.482 e. The lowest BCUT2D eigenvalue weighted by Gasteiger charge is -2.17. The van der Waals surface area contributed by atoms with Crippen LogP contribution in [0.4, 0.5) is 0 Å². The molecule has 1 unspecified atom stereocenters. The van der Waals surface area contributed by atoms with Gasteiger partial charge in [-0.05, 0) is 40.6 Å². The first kappa shape index (κ1) is 19.0. The van der Waals surface area contributed by atoms with Crippen LogP contribution in [-0.2, 0) is 9.53 Å². The second-order valence-corrected chi connectivity index (χ2v) is 6.43. The fourth-order valence-corrected chi connectivity index (χ4v) is 3.08. The summed E-state index contributed by atoms with van der Waals surface area (Å²) in [6, 6.07) is 6.71. The van der Waals surface area contributed by atoms with E-state index in [1.54, 1.807) is 29.5 Å². The van der Waals surface area contributed by atoms with E-state index in [2.05, 4.69) is 5.32 Å². The van der Waals surface area contributed by atoms with Crippen molar-refractivity contribution in [2.45, 2.75) is 6.10 Å². The standard InChI is InChI=1S/C16H17Cl2NO4S/c17-12-1-2-14(13(18)7-12)23-9-16(21)19-8-15(22-5-4-20)11-3-6-24-10-11/h1-3,6-7,10,15,20H,4-5,8-9H2,(H,19,21). The molecule has 0 aliphatic rings. The topological polar surface area (TPSA) is 67.8 Å². The van der Waals surface area contributed by atoms with Gasteiger partial charge in [-0.15, -0.1) is 0 Å². The zero-order valence-electron chi connectivity index (χ0n) is 12.7. The van der Waals surface area contributed by atoms with Gasteiger partial charge < -0.3 is 19.9 Å². The number of carbonyl (C=O) groups is 1. The minimum Gasteiger partial charge on any atom is -0.482 e. The van der Waals surface area contributed by atoms with Crippen LogP contribution in [0.1, 0.15) is 11.7 Å². The maximum absolute atomic E-state index is 11.9. The van der Waals surface area contributed by atoms with Crippen molar-refractivity contribution in [2.75, 3.05) is 26.4 Å². The van der Waals surface area contributed by atoms with E-state index in [0.717, 1.165) is 5.56 Å². The first-order chi connectivity index (χ1) is 11.6. The van der Waals surface area contributed by atoms with Crippen LogP contribution in [-0.4, -0.2) is 37.4 Å². The maximum Gasteiger partial charge on any atom is 0.258 e. The Hall–Kier alpha value is -1.31. The highest BCUT2D eigenvalue weighted by molar-refractivity contribution is 7.07. The molecule has 0 saturated carbocycles. The van der Waals surface area contributed by atoms with Gasteiger partial charge in [0.2, 0.25) is 0 Å². The van der Waals surface area contributed by atoms with Crippen molar-refractivity contribution in [2.24, 2.45) is 0 Å². The van der Waals surface area contributed by atoms with Gasteiger partial charge in [0.15, 0.2) is 6.61 Å². The molecule has 2 N–H and O–H groups in total. The van der Waals surface area contributed by atoms with Gasteiger partial charge in [0.25, 0.3) is 5.91 Å². The predicted octanol–water partition coefficient (Wildman–Crippen LogP) is 3.30. The molecule has 8 heteroatoms. The van der Waals surface area contributed by atoms with Gasteiger partial charge in [-0.2, -0.15) is 11.3 Å². The third kappa shape index (κ3) is 5.96. The first-order valence-corrected chi connectivity index (χ1v) is 8.89. The molecule has 0 aliphatic carbocycles. The maximum atomic E-state index is 11.9. The molecule has 1 atom stereocenters. The van der Waals surface area contributed by atoms with Crippen molar-refractivity contribution in [1.82, 2.24) is 5.32 Å². The van der Waals surface area contributed by atoms with Crippen molar-refractivity contribution >= 4 is 40.4 Å². The Balaban J connectivity index is 1.82. The van der Waals surface area contributed by atoms with E-state index in [9.17, 15) is 4.79 Å². The molecular formula is C16H17Cl2NO4S. The molecule has 1 aromatic heterocycles. The summed E-state index contributed by atoms with van der Waals surface area (Å²) in [6.45, 7) is 0.241. The second-order valence-electron chi connectivity index (χ2n) is 4.81. The average Bonchev–Trinajstić information content (AvgIpc) is 3.08. The van der Waals surface area contributed by atoms with Crippen molar-refractivity contribution in [3.05, 3.63) is 50.6 Å². The molecule has 2 rings (SSSR count). The van der Waals surface area contributed by atoms with Gasteiger partial charge >= 0.3 is 0 Å². The number of aliphatic hydroxyl groups excluding tert-OH is 1. The highest BCUT2D eigenvalue weighted by Gasteiger charge is 2.14. The third-order valence-electron chi connectivity index (χ3n) is 3.06. The average molecular weight is 390 g/mol.